The molecule has 0 unspecified atom stereocenters. The van der Waals surface area contributed by atoms with Crippen molar-refractivity contribution < 1.29 is 9.47 Å². The topological polar surface area (TPSA) is 18.5 Å². The lowest BCUT2D eigenvalue weighted by atomic mass is 10.2. The molecule has 0 bridgehead atoms. The molecule has 0 saturated heterocycles. The lowest BCUT2D eigenvalue weighted by Crippen LogP contribution is -2.03. The Kier molecular flexibility index (Phi) is 7.52. The molecule has 0 spiro atoms. The van der Waals surface area contributed by atoms with Gasteiger partial charge in [0.15, 0.2) is 0 Å². The minimum atomic E-state index is 0.689. The first-order chi connectivity index (χ1) is 5.31. The van der Waals surface area contributed by atoms with Crippen molar-refractivity contribution in [3.8, 4) is 0 Å². The van der Waals surface area contributed by atoms with Crippen LogP contribution in [0.3, 0.4) is 0 Å². The maximum Gasteiger partial charge on any atom is 0.0700 e. The van der Waals surface area contributed by atoms with E-state index in [0.29, 0.717) is 13.2 Å². The van der Waals surface area contributed by atoms with Crippen LogP contribution in [0.25, 0.3) is 0 Å². The number of ether oxygens (including phenoxy) is 2. The Labute approximate surface area is 69.2 Å². The summed E-state index contributed by atoms with van der Waals surface area (Å²) in [6.45, 7) is 6.35. The number of hydrogen-bond donors (Lipinski definition) is 0. The van der Waals surface area contributed by atoms with Crippen molar-refractivity contribution in [2.24, 2.45) is 0 Å². The Bertz CT molecular complexity index is 108. The van der Waals surface area contributed by atoms with Crippen molar-refractivity contribution in [3.05, 3.63) is 11.6 Å². The molecule has 0 N–H and O–H groups in total. The molecule has 0 rings (SSSR count). The molecule has 0 aromatic carbocycles. The van der Waals surface area contributed by atoms with Gasteiger partial charge in [-0.25, -0.2) is 0 Å². The first-order valence-electron chi connectivity index (χ1n) is 3.99. The second-order valence-corrected chi connectivity index (χ2v) is 2.49. The van der Waals surface area contributed by atoms with Crippen LogP contribution in [-0.4, -0.2) is 26.9 Å². The largest absolute Gasteiger partial charge is 0.382 e. The van der Waals surface area contributed by atoms with Crippen molar-refractivity contribution in [3.63, 3.8) is 0 Å². The summed E-state index contributed by atoms with van der Waals surface area (Å²) in [4.78, 5) is 0. The molecule has 0 heterocycles. The lowest BCUT2D eigenvalue weighted by Gasteiger charge is -2.02. The van der Waals surface area contributed by atoms with Gasteiger partial charge >= 0.3 is 0 Å². The SMILES string of the molecule is CC=C(C)CCOCCOC. The van der Waals surface area contributed by atoms with Gasteiger partial charge in [-0.1, -0.05) is 11.6 Å². The van der Waals surface area contributed by atoms with Crippen molar-refractivity contribution in [1.82, 2.24) is 0 Å². The summed E-state index contributed by atoms with van der Waals surface area (Å²) < 4.78 is 10.1. The molecule has 0 aromatic heterocycles. The highest BCUT2D eigenvalue weighted by molar-refractivity contribution is 4.94. The quantitative estimate of drug-likeness (QED) is 0.435. The standard InChI is InChI=1S/C9H18O2/c1-4-9(2)5-6-11-8-7-10-3/h4H,5-8H2,1-3H3. The Morgan fingerprint density at radius 3 is 2.55 bits per heavy atom. The second-order valence-electron chi connectivity index (χ2n) is 2.49. The van der Waals surface area contributed by atoms with Gasteiger partial charge in [-0.05, 0) is 20.3 Å². The highest BCUT2D eigenvalue weighted by Gasteiger charge is 1.89. The fourth-order valence-electron chi connectivity index (χ4n) is 0.622. The van der Waals surface area contributed by atoms with Gasteiger partial charge in [0.25, 0.3) is 0 Å². The van der Waals surface area contributed by atoms with E-state index in [1.807, 2.05) is 6.92 Å². The normalized spacial score (nSPS) is 12.1. The van der Waals surface area contributed by atoms with Gasteiger partial charge < -0.3 is 9.47 Å². The summed E-state index contributed by atoms with van der Waals surface area (Å²) >= 11 is 0. The molecular formula is C9H18O2. The number of methoxy groups -OCH3 is 1. The Morgan fingerprint density at radius 2 is 2.00 bits per heavy atom. The van der Waals surface area contributed by atoms with Crippen LogP contribution < -0.4 is 0 Å². The summed E-state index contributed by atoms with van der Waals surface area (Å²) in [5.74, 6) is 0. The predicted molar refractivity (Wildman–Crippen MR) is 46.7 cm³/mol. The van der Waals surface area contributed by atoms with Crippen molar-refractivity contribution >= 4 is 0 Å². The summed E-state index contributed by atoms with van der Waals surface area (Å²) in [5.41, 5.74) is 1.38. The number of rotatable bonds is 6. The van der Waals surface area contributed by atoms with Gasteiger partial charge in [0.2, 0.25) is 0 Å². The maximum atomic E-state index is 5.28. The number of hydrogen-bond acceptors (Lipinski definition) is 2. The molecule has 0 aromatic rings. The van der Waals surface area contributed by atoms with E-state index in [0.717, 1.165) is 13.0 Å². The fourth-order valence-corrected chi connectivity index (χ4v) is 0.622. The van der Waals surface area contributed by atoms with Gasteiger partial charge in [-0.2, -0.15) is 0 Å². The van der Waals surface area contributed by atoms with Crippen molar-refractivity contribution in [2.75, 3.05) is 26.9 Å². The molecule has 0 radical (unpaired) electrons. The lowest BCUT2D eigenvalue weighted by molar-refractivity contribution is 0.0722. The van der Waals surface area contributed by atoms with Gasteiger partial charge in [-0.3, -0.25) is 0 Å². The van der Waals surface area contributed by atoms with E-state index < -0.39 is 0 Å². The molecule has 0 amide bonds. The fraction of sp³-hybridized carbons (Fsp3) is 0.778. The third kappa shape index (κ3) is 7.56. The first kappa shape index (κ1) is 10.7. The van der Waals surface area contributed by atoms with Crippen LogP contribution >= 0.6 is 0 Å². The number of allylic oxidation sites excluding steroid dienone is 1. The smallest absolute Gasteiger partial charge is 0.0700 e. The second kappa shape index (κ2) is 7.76. The van der Waals surface area contributed by atoms with Gasteiger partial charge in [-0.15, -0.1) is 0 Å². The zero-order valence-corrected chi connectivity index (χ0v) is 7.72. The van der Waals surface area contributed by atoms with Gasteiger partial charge in [0, 0.05) is 7.11 Å². The molecule has 66 valence electrons. The van der Waals surface area contributed by atoms with Crippen LogP contribution in [0.4, 0.5) is 0 Å². The van der Waals surface area contributed by atoms with Crippen LogP contribution in [-0.2, 0) is 9.47 Å². The molecule has 0 atom stereocenters. The Balaban J connectivity index is 3.02. The summed E-state index contributed by atoms with van der Waals surface area (Å²) in [7, 11) is 1.68. The molecule has 2 heteroatoms. The first-order valence-corrected chi connectivity index (χ1v) is 3.99. The van der Waals surface area contributed by atoms with Crippen LogP contribution in [0.1, 0.15) is 20.3 Å². The maximum absolute atomic E-state index is 5.28. The molecule has 11 heavy (non-hydrogen) atoms. The Hall–Kier alpha value is -0.340. The van der Waals surface area contributed by atoms with Crippen molar-refractivity contribution in [2.45, 2.75) is 20.3 Å². The highest BCUT2D eigenvalue weighted by Crippen LogP contribution is 1.98. The van der Waals surface area contributed by atoms with E-state index in [4.69, 9.17) is 9.47 Å². The summed E-state index contributed by atoms with van der Waals surface area (Å²) in [5, 5.41) is 0. The highest BCUT2D eigenvalue weighted by atomic mass is 16.5. The molecule has 0 saturated carbocycles. The molecule has 0 fully saturated rings. The predicted octanol–water partition coefficient (Wildman–Crippen LogP) is 2.01. The average Bonchev–Trinajstić information content (AvgIpc) is 2.04. The molecule has 0 aliphatic heterocycles. The van der Waals surface area contributed by atoms with Crippen LogP contribution in [0, 0.1) is 0 Å². The van der Waals surface area contributed by atoms with Crippen LogP contribution in [0.15, 0.2) is 11.6 Å². The van der Waals surface area contributed by atoms with E-state index in [1.54, 1.807) is 7.11 Å². The summed E-state index contributed by atoms with van der Waals surface area (Å²) in [6.07, 6.45) is 3.14. The van der Waals surface area contributed by atoms with Gasteiger partial charge in [0.1, 0.15) is 0 Å². The van der Waals surface area contributed by atoms with E-state index in [1.165, 1.54) is 5.57 Å². The van der Waals surface area contributed by atoms with Gasteiger partial charge in [0.05, 0.1) is 19.8 Å². The van der Waals surface area contributed by atoms with E-state index in [-0.39, 0.29) is 0 Å². The molecule has 0 aliphatic rings. The van der Waals surface area contributed by atoms with Crippen LogP contribution in [0.5, 0.6) is 0 Å². The Morgan fingerprint density at radius 1 is 1.27 bits per heavy atom. The zero-order valence-electron chi connectivity index (χ0n) is 7.72. The third-order valence-electron chi connectivity index (χ3n) is 1.57. The van der Waals surface area contributed by atoms with E-state index in [9.17, 15) is 0 Å². The summed E-state index contributed by atoms with van der Waals surface area (Å²) in [6, 6.07) is 0. The van der Waals surface area contributed by atoms with Crippen molar-refractivity contribution in [1.29, 1.82) is 0 Å². The molecular weight excluding hydrogens is 140 g/mol. The molecule has 0 aliphatic carbocycles. The third-order valence-corrected chi connectivity index (χ3v) is 1.57. The average molecular weight is 158 g/mol. The monoisotopic (exact) mass is 158 g/mol. The van der Waals surface area contributed by atoms with E-state index >= 15 is 0 Å². The minimum Gasteiger partial charge on any atom is -0.382 e. The molecule has 2 nitrogen and oxygen atoms in total. The van der Waals surface area contributed by atoms with E-state index in [2.05, 4.69) is 13.0 Å². The zero-order chi connectivity index (χ0) is 8.53. The minimum absolute atomic E-state index is 0.689. The van der Waals surface area contributed by atoms with Crippen LogP contribution in [0.2, 0.25) is 0 Å².